The van der Waals surface area contributed by atoms with Crippen LogP contribution >= 0.6 is 0 Å². The molecule has 1 amide bonds. The van der Waals surface area contributed by atoms with Crippen LogP contribution in [0.25, 0.3) is 21.9 Å². The van der Waals surface area contributed by atoms with Crippen molar-refractivity contribution in [3.63, 3.8) is 0 Å². The second-order valence-corrected chi connectivity index (χ2v) is 7.52. The first-order chi connectivity index (χ1) is 13.0. The van der Waals surface area contributed by atoms with Gasteiger partial charge < -0.3 is 10.6 Å². The molecule has 3 nitrogen and oxygen atoms in total. The fourth-order valence-electron chi connectivity index (χ4n) is 3.22. The van der Waals surface area contributed by atoms with Crippen LogP contribution in [0.5, 0.6) is 0 Å². The third kappa shape index (κ3) is 3.95. The van der Waals surface area contributed by atoms with Gasteiger partial charge in [-0.05, 0) is 79.4 Å². The number of amides is 1. The van der Waals surface area contributed by atoms with Crippen LogP contribution in [0.3, 0.4) is 0 Å². The summed E-state index contributed by atoms with van der Waals surface area (Å²) < 4.78 is 14.6. The summed E-state index contributed by atoms with van der Waals surface area (Å²) in [6, 6.07) is 17.3. The zero-order chi connectivity index (χ0) is 19.0. The molecule has 1 aliphatic carbocycles. The van der Waals surface area contributed by atoms with Crippen LogP contribution < -0.4 is 10.6 Å². The highest BCUT2D eigenvalue weighted by Crippen LogP contribution is 2.29. The van der Waals surface area contributed by atoms with Crippen molar-refractivity contribution in [1.82, 2.24) is 5.32 Å². The summed E-state index contributed by atoms with van der Waals surface area (Å²) >= 11 is 0. The summed E-state index contributed by atoms with van der Waals surface area (Å²) in [6.07, 6.45) is 2.14. The molecule has 1 saturated carbocycles. The lowest BCUT2D eigenvalue weighted by Crippen LogP contribution is -2.25. The van der Waals surface area contributed by atoms with E-state index in [1.807, 2.05) is 56.3 Å². The number of halogens is 1. The molecule has 0 heterocycles. The smallest absolute Gasteiger partial charge is 0.251 e. The van der Waals surface area contributed by atoms with Crippen molar-refractivity contribution >= 4 is 22.4 Å². The molecular weight excluding hydrogens is 339 g/mol. The van der Waals surface area contributed by atoms with Crippen molar-refractivity contribution in [3.05, 3.63) is 66.0 Å². The predicted octanol–water partition coefficient (Wildman–Crippen LogP) is 5.36. The Morgan fingerprint density at radius 2 is 1.74 bits per heavy atom. The van der Waals surface area contributed by atoms with E-state index < -0.39 is 0 Å². The topological polar surface area (TPSA) is 41.1 Å². The number of benzene rings is 3. The van der Waals surface area contributed by atoms with Crippen molar-refractivity contribution in [2.45, 2.75) is 38.8 Å². The highest BCUT2D eigenvalue weighted by atomic mass is 19.1. The van der Waals surface area contributed by atoms with Gasteiger partial charge >= 0.3 is 0 Å². The molecule has 0 spiro atoms. The molecule has 4 heteroatoms. The molecular formula is C23H23FN2O. The molecule has 4 rings (SSSR count). The van der Waals surface area contributed by atoms with Gasteiger partial charge in [-0.3, -0.25) is 4.79 Å². The fraction of sp³-hybridized carbons (Fsp3) is 0.261. The highest BCUT2D eigenvalue weighted by Gasteiger charge is 2.23. The summed E-state index contributed by atoms with van der Waals surface area (Å²) in [6.45, 7) is 4.04. The Labute approximate surface area is 158 Å². The number of hydrogen-bond donors (Lipinski definition) is 2. The molecule has 2 N–H and O–H groups in total. The van der Waals surface area contributed by atoms with Crippen molar-refractivity contribution in [3.8, 4) is 11.1 Å². The first-order valence-corrected chi connectivity index (χ1v) is 9.41. The zero-order valence-electron chi connectivity index (χ0n) is 15.6. The van der Waals surface area contributed by atoms with Crippen LogP contribution in [0.1, 0.15) is 37.0 Å². The molecule has 0 bridgehead atoms. The Kier molecular flexibility index (Phi) is 4.56. The van der Waals surface area contributed by atoms with Gasteiger partial charge in [0, 0.05) is 28.9 Å². The largest absolute Gasteiger partial charge is 0.383 e. The molecule has 1 fully saturated rings. The molecule has 0 aliphatic heterocycles. The van der Waals surface area contributed by atoms with E-state index in [9.17, 15) is 9.18 Å². The SMILES string of the molecule is CC(C)Nc1ccc(-c2ccc3cc(C(=O)NC4CC4)ccc3c2)c(F)c1. The minimum absolute atomic E-state index is 0.0252. The van der Waals surface area contributed by atoms with Crippen LogP contribution in [-0.4, -0.2) is 18.0 Å². The van der Waals surface area contributed by atoms with Gasteiger partial charge in [0.25, 0.3) is 5.91 Å². The van der Waals surface area contributed by atoms with Crippen LogP contribution in [-0.2, 0) is 0 Å². The number of carbonyl (C=O) groups is 1. The monoisotopic (exact) mass is 362 g/mol. The molecule has 0 atom stereocenters. The molecule has 0 unspecified atom stereocenters. The molecule has 0 radical (unpaired) electrons. The minimum atomic E-state index is -0.250. The van der Waals surface area contributed by atoms with Gasteiger partial charge in [0.05, 0.1) is 0 Å². The van der Waals surface area contributed by atoms with E-state index >= 15 is 0 Å². The Morgan fingerprint density at radius 3 is 2.44 bits per heavy atom. The number of rotatable bonds is 5. The average molecular weight is 362 g/mol. The Morgan fingerprint density at radius 1 is 1.00 bits per heavy atom. The van der Waals surface area contributed by atoms with Crippen molar-refractivity contribution in [2.75, 3.05) is 5.32 Å². The maximum atomic E-state index is 14.6. The van der Waals surface area contributed by atoms with E-state index in [4.69, 9.17) is 0 Å². The quantitative estimate of drug-likeness (QED) is 0.642. The third-order valence-electron chi connectivity index (χ3n) is 4.75. The number of fused-ring (bicyclic) bond motifs is 1. The molecule has 0 saturated heterocycles. The fourth-order valence-corrected chi connectivity index (χ4v) is 3.22. The van der Waals surface area contributed by atoms with Crippen LogP contribution in [0.4, 0.5) is 10.1 Å². The lowest BCUT2D eigenvalue weighted by molar-refractivity contribution is 0.0951. The molecule has 3 aromatic rings. The van der Waals surface area contributed by atoms with Gasteiger partial charge in [-0.25, -0.2) is 4.39 Å². The first-order valence-electron chi connectivity index (χ1n) is 9.41. The maximum Gasteiger partial charge on any atom is 0.251 e. The first kappa shape index (κ1) is 17.5. The molecule has 0 aromatic heterocycles. The standard InChI is InChI=1S/C23H23FN2O/c1-14(2)25-20-9-10-21(22(24)13-20)17-5-3-16-12-18(6-4-15(16)11-17)23(27)26-19-7-8-19/h3-6,9-14,19,25H,7-8H2,1-2H3,(H,26,27). The second-order valence-electron chi connectivity index (χ2n) is 7.52. The Balaban J connectivity index is 1.62. The van der Waals surface area contributed by atoms with Crippen LogP contribution in [0.2, 0.25) is 0 Å². The summed E-state index contributed by atoms with van der Waals surface area (Å²) in [4.78, 5) is 12.2. The molecule has 27 heavy (non-hydrogen) atoms. The summed E-state index contributed by atoms with van der Waals surface area (Å²) in [5, 5.41) is 8.17. The molecule has 138 valence electrons. The highest BCUT2D eigenvalue weighted by molar-refractivity contribution is 5.99. The Bertz CT molecular complexity index is 1010. The number of hydrogen-bond acceptors (Lipinski definition) is 2. The van der Waals surface area contributed by atoms with Crippen molar-refractivity contribution < 1.29 is 9.18 Å². The normalized spacial score (nSPS) is 13.8. The van der Waals surface area contributed by atoms with E-state index in [-0.39, 0.29) is 17.8 Å². The van der Waals surface area contributed by atoms with Gasteiger partial charge in [0.2, 0.25) is 0 Å². The summed E-state index contributed by atoms with van der Waals surface area (Å²) in [5.74, 6) is -0.275. The summed E-state index contributed by atoms with van der Waals surface area (Å²) in [5.41, 5.74) is 2.84. The van der Waals surface area contributed by atoms with E-state index in [2.05, 4.69) is 10.6 Å². The predicted molar refractivity (Wildman–Crippen MR) is 109 cm³/mol. The van der Waals surface area contributed by atoms with Gasteiger partial charge in [-0.1, -0.05) is 18.2 Å². The lowest BCUT2D eigenvalue weighted by Gasteiger charge is -2.12. The van der Waals surface area contributed by atoms with E-state index in [0.29, 0.717) is 17.2 Å². The number of nitrogens with one attached hydrogen (secondary N) is 2. The zero-order valence-corrected chi connectivity index (χ0v) is 15.6. The maximum absolute atomic E-state index is 14.6. The van der Waals surface area contributed by atoms with Gasteiger partial charge in [0.15, 0.2) is 0 Å². The van der Waals surface area contributed by atoms with Crippen LogP contribution in [0.15, 0.2) is 54.6 Å². The number of carbonyl (C=O) groups excluding carboxylic acids is 1. The van der Waals surface area contributed by atoms with Crippen molar-refractivity contribution in [2.24, 2.45) is 0 Å². The van der Waals surface area contributed by atoms with Gasteiger partial charge in [-0.15, -0.1) is 0 Å². The number of anilines is 1. The second kappa shape index (κ2) is 7.03. The van der Waals surface area contributed by atoms with Crippen molar-refractivity contribution in [1.29, 1.82) is 0 Å². The summed E-state index contributed by atoms with van der Waals surface area (Å²) in [7, 11) is 0. The van der Waals surface area contributed by atoms with Gasteiger partial charge in [-0.2, -0.15) is 0 Å². The van der Waals surface area contributed by atoms with E-state index in [1.165, 1.54) is 6.07 Å². The Hall–Kier alpha value is -2.88. The van der Waals surface area contributed by atoms with E-state index in [1.54, 1.807) is 6.07 Å². The minimum Gasteiger partial charge on any atom is -0.383 e. The lowest BCUT2D eigenvalue weighted by atomic mass is 9.99. The molecule has 1 aliphatic rings. The average Bonchev–Trinajstić information content (AvgIpc) is 3.44. The van der Waals surface area contributed by atoms with Crippen LogP contribution in [0, 0.1) is 5.82 Å². The van der Waals surface area contributed by atoms with E-state index in [0.717, 1.165) is 34.9 Å². The third-order valence-corrected chi connectivity index (χ3v) is 4.75. The van der Waals surface area contributed by atoms with Gasteiger partial charge in [0.1, 0.15) is 5.82 Å². The molecule has 3 aromatic carbocycles.